The lowest BCUT2D eigenvalue weighted by Gasteiger charge is -2.14. The van der Waals surface area contributed by atoms with E-state index >= 15 is 0 Å². The third-order valence-corrected chi connectivity index (χ3v) is 3.10. The molecule has 0 fully saturated rings. The topological polar surface area (TPSA) is 78.5 Å². The summed E-state index contributed by atoms with van der Waals surface area (Å²) in [4.78, 5) is 4.30. The van der Waals surface area contributed by atoms with Gasteiger partial charge in [-0.15, -0.1) is 0 Å². The van der Waals surface area contributed by atoms with Gasteiger partial charge in [-0.05, 0) is 37.1 Å². The molecule has 3 N–H and O–H groups in total. The number of aliphatic hydroxyl groups is 2. The molecule has 0 aliphatic heterocycles. The van der Waals surface area contributed by atoms with Gasteiger partial charge >= 0.3 is 0 Å². The second-order valence-corrected chi connectivity index (χ2v) is 4.63. The zero-order valence-electron chi connectivity index (χ0n) is 11.1. The normalized spacial score (nSPS) is 13.0. The van der Waals surface area contributed by atoms with Crippen molar-refractivity contribution in [1.29, 1.82) is 0 Å². The Labute approximate surface area is 112 Å². The molecule has 5 heteroatoms. The highest BCUT2D eigenvalue weighted by Gasteiger charge is 2.06. The van der Waals surface area contributed by atoms with Crippen LogP contribution in [-0.2, 0) is 6.42 Å². The van der Waals surface area contributed by atoms with Crippen LogP contribution in [0.25, 0.3) is 11.1 Å². The van der Waals surface area contributed by atoms with E-state index in [0.29, 0.717) is 12.3 Å². The number of aryl methyl sites for hydroxylation is 1. The smallest absolute Gasteiger partial charge is 0.192 e. The minimum Gasteiger partial charge on any atom is -0.441 e. The fourth-order valence-electron chi connectivity index (χ4n) is 2.08. The SMILES string of the molecule is Cc1nc2cc(CCNC(CO)CCO)ccc2o1. The molecule has 104 valence electrons. The Morgan fingerprint density at radius 1 is 1.37 bits per heavy atom. The van der Waals surface area contributed by atoms with Crippen molar-refractivity contribution in [2.45, 2.75) is 25.8 Å². The zero-order valence-corrected chi connectivity index (χ0v) is 11.1. The van der Waals surface area contributed by atoms with Crippen molar-refractivity contribution in [3.05, 3.63) is 29.7 Å². The molecule has 1 unspecified atom stereocenters. The van der Waals surface area contributed by atoms with E-state index in [1.54, 1.807) is 0 Å². The number of hydrogen-bond acceptors (Lipinski definition) is 5. The number of aromatic nitrogens is 1. The lowest BCUT2D eigenvalue weighted by molar-refractivity contribution is 0.201. The van der Waals surface area contributed by atoms with Crippen molar-refractivity contribution in [2.24, 2.45) is 0 Å². The van der Waals surface area contributed by atoms with E-state index in [1.165, 1.54) is 5.56 Å². The van der Waals surface area contributed by atoms with Crippen LogP contribution in [0, 0.1) is 6.92 Å². The molecule has 1 aromatic heterocycles. The van der Waals surface area contributed by atoms with Crippen molar-refractivity contribution < 1.29 is 14.6 Å². The Bertz CT molecular complexity index is 524. The van der Waals surface area contributed by atoms with Gasteiger partial charge in [0.1, 0.15) is 5.52 Å². The molecule has 2 aromatic rings. The van der Waals surface area contributed by atoms with Crippen LogP contribution in [-0.4, -0.2) is 41.0 Å². The minimum absolute atomic E-state index is 0.0389. The summed E-state index contributed by atoms with van der Waals surface area (Å²) in [5.41, 5.74) is 2.86. The molecular formula is C14H20N2O3. The third kappa shape index (κ3) is 3.76. The van der Waals surface area contributed by atoms with Gasteiger partial charge in [0.2, 0.25) is 0 Å². The summed E-state index contributed by atoms with van der Waals surface area (Å²) < 4.78 is 5.43. The molecule has 0 spiro atoms. The van der Waals surface area contributed by atoms with Gasteiger partial charge in [-0.2, -0.15) is 0 Å². The largest absolute Gasteiger partial charge is 0.441 e. The monoisotopic (exact) mass is 264 g/mol. The number of rotatable bonds is 7. The molecule has 0 saturated heterocycles. The first kappa shape index (κ1) is 14.0. The molecule has 2 rings (SSSR count). The van der Waals surface area contributed by atoms with E-state index in [4.69, 9.17) is 14.6 Å². The number of benzene rings is 1. The van der Waals surface area contributed by atoms with E-state index < -0.39 is 0 Å². The number of nitrogens with zero attached hydrogens (tertiary/aromatic N) is 1. The Balaban J connectivity index is 1.90. The predicted molar refractivity (Wildman–Crippen MR) is 73.0 cm³/mol. The van der Waals surface area contributed by atoms with Crippen LogP contribution >= 0.6 is 0 Å². The lowest BCUT2D eigenvalue weighted by Crippen LogP contribution is -2.34. The molecule has 0 amide bonds. The highest BCUT2D eigenvalue weighted by molar-refractivity contribution is 5.73. The van der Waals surface area contributed by atoms with E-state index in [-0.39, 0.29) is 19.3 Å². The van der Waals surface area contributed by atoms with Gasteiger partial charge in [0, 0.05) is 19.6 Å². The molecule has 0 bridgehead atoms. The molecule has 0 aliphatic carbocycles. The van der Waals surface area contributed by atoms with Crippen LogP contribution < -0.4 is 5.32 Å². The summed E-state index contributed by atoms with van der Waals surface area (Å²) >= 11 is 0. The summed E-state index contributed by atoms with van der Waals surface area (Å²) in [7, 11) is 0. The molecule has 0 aliphatic rings. The molecule has 1 heterocycles. The summed E-state index contributed by atoms with van der Waals surface area (Å²) in [5, 5.41) is 21.2. The van der Waals surface area contributed by atoms with Gasteiger partial charge in [-0.3, -0.25) is 0 Å². The maximum Gasteiger partial charge on any atom is 0.192 e. The maximum absolute atomic E-state index is 9.10. The fraction of sp³-hybridized carbons (Fsp3) is 0.500. The number of nitrogens with one attached hydrogen (secondary N) is 1. The van der Waals surface area contributed by atoms with Gasteiger partial charge in [0.25, 0.3) is 0 Å². The van der Waals surface area contributed by atoms with Crippen LogP contribution in [0.2, 0.25) is 0 Å². The standard InChI is InChI=1S/C14H20N2O3/c1-10-16-13-8-11(2-3-14(13)19-10)4-6-15-12(9-18)5-7-17/h2-3,8,12,15,17-18H,4-7,9H2,1H3. The second-order valence-electron chi connectivity index (χ2n) is 4.63. The van der Waals surface area contributed by atoms with Crippen molar-refractivity contribution in [2.75, 3.05) is 19.8 Å². The average molecular weight is 264 g/mol. The fourth-order valence-corrected chi connectivity index (χ4v) is 2.08. The average Bonchev–Trinajstić information content (AvgIpc) is 2.77. The Hall–Kier alpha value is -1.43. The van der Waals surface area contributed by atoms with E-state index in [9.17, 15) is 0 Å². The number of hydrogen-bond donors (Lipinski definition) is 3. The van der Waals surface area contributed by atoms with E-state index in [2.05, 4.69) is 10.3 Å². The van der Waals surface area contributed by atoms with Gasteiger partial charge in [-0.1, -0.05) is 6.07 Å². The summed E-state index contributed by atoms with van der Waals surface area (Å²) in [6, 6.07) is 5.94. The molecular weight excluding hydrogens is 244 g/mol. The highest BCUT2D eigenvalue weighted by Crippen LogP contribution is 2.16. The zero-order chi connectivity index (χ0) is 13.7. The van der Waals surface area contributed by atoms with Gasteiger partial charge < -0.3 is 19.9 Å². The first-order valence-electron chi connectivity index (χ1n) is 6.54. The minimum atomic E-state index is -0.0389. The predicted octanol–water partition coefficient (Wildman–Crippen LogP) is 1.01. The molecule has 1 aromatic carbocycles. The van der Waals surface area contributed by atoms with Crippen molar-refractivity contribution in [3.63, 3.8) is 0 Å². The van der Waals surface area contributed by atoms with Crippen molar-refractivity contribution in [3.8, 4) is 0 Å². The number of aliphatic hydroxyl groups excluding tert-OH is 2. The van der Waals surface area contributed by atoms with Crippen molar-refractivity contribution >= 4 is 11.1 Å². The molecule has 0 radical (unpaired) electrons. The van der Waals surface area contributed by atoms with E-state index in [0.717, 1.165) is 24.1 Å². The number of fused-ring (bicyclic) bond motifs is 1. The Kier molecular flexibility index (Phi) is 4.90. The maximum atomic E-state index is 9.10. The molecule has 0 saturated carbocycles. The van der Waals surface area contributed by atoms with Crippen LogP contribution in [0.4, 0.5) is 0 Å². The lowest BCUT2D eigenvalue weighted by atomic mass is 10.1. The van der Waals surface area contributed by atoms with Crippen LogP contribution in [0.5, 0.6) is 0 Å². The number of oxazole rings is 1. The van der Waals surface area contributed by atoms with Crippen LogP contribution in [0.15, 0.2) is 22.6 Å². The first-order chi connectivity index (χ1) is 9.22. The summed E-state index contributed by atoms with van der Waals surface area (Å²) in [5.74, 6) is 0.675. The van der Waals surface area contributed by atoms with Crippen LogP contribution in [0.3, 0.4) is 0 Å². The van der Waals surface area contributed by atoms with Gasteiger partial charge in [0.05, 0.1) is 6.61 Å². The Morgan fingerprint density at radius 2 is 2.21 bits per heavy atom. The highest BCUT2D eigenvalue weighted by atomic mass is 16.3. The summed E-state index contributed by atoms with van der Waals surface area (Å²) in [6.07, 6.45) is 1.42. The van der Waals surface area contributed by atoms with Crippen molar-refractivity contribution in [1.82, 2.24) is 10.3 Å². The van der Waals surface area contributed by atoms with Crippen LogP contribution in [0.1, 0.15) is 17.9 Å². The second kappa shape index (κ2) is 6.65. The first-order valence-corrected chi connectivity index (χ1v) is 6.54. The molecule has 19 heavy (non-hydrogen) atoms. The van der Waals surface area contributed by atoms with E-state index in [1.807, 2.05) is 25.1 Å². The third-order valence-electron chi connectivity index (χ3n) is 3.10. The Morgan fingerprint density at radius 3 is 2.95 bits per heavy atom. The summed E-state index contributed by atoms with van der Waals surface area (Å²) in [6.45, 7) is 2.72. The quantitative estimate of drug-likeness (QED) is 0.695. The van der Waals surface area contributed by atoms with Gasteiger partial charge in [0.15, 0.2) is 11.5 Å². The molecule has 1 atom stereocenters. The van der Waals surface area contributed by atoms with Gasteiger partial charge in [-0.25, -0.2) is 4.98 Å². The molecule has 5 nitrogen and oxygen atoms in total.